The average Bonchev–Trinajstić information content (AvgIpc) is 3.43. The maximum absolute atomic E-state index is 13.1. The number of aromatic nitrogens is 1. The Labute approximate surface area is 184 Å². The minimum atomic E-state index is -0.0631. The Morgan fingerprint density at radius 2 is 1.93 bits per heavy atom. The fraction of sp³-hybridized carbons (Fsp3) is 0.364. The standard InChI is InChI=1S/C22H25N3O3S2/c1-3-24(4-2)9-10-25(21(26)8-7-16-6-5-13-29-16)22-23-17-14-18-19(15-20(17)30-22)28-12-11-27-18/h5-8,13-15H,3-4,9-12H2,1-2H3/b8-7+. The van der Waals surface area contributed by atoms with Crippen molar-refractivity contribution in [2.45, 2.75) is 13.8 Å². The normalized spacial score (nSPS) is 13.4. The van der Waals surface area contributed by atoms with Crippen LogP contribution in [0.2, 0.25) is 0 Å². The Hall–Kier alpha value is -2.42. The van der Waals surface area contributed by atoms with Crippen molar-refractivity contribution in [1.82, 2.24) is 9.88 Å². The molecular weight excluding hydrogens is 418 g/mol. The second-order valence-corrected chi connectivity index (χ2v) is 8.81. The zero-order valence-corrected chi connectivity index (χ0v) is 18.8. The minimum Gasteiger partial charge on any atom is -0.486 e. The molecule has 0 fully saturated rings. The first-order valence-electron chi connectivity index (χ1n) is 10.1. The minimum absolute atomic E-state index is 0.0631. The maximum atomic E-state index is 13.1. The highest BCUT2D eigenvalue weighted by Crippen LogP contribution is 2.38. The van der Waals surface area contributed by atoms with Crippen LogP contribution in [0.25, 0.3) is 16.3 Å². The molecule has 8 heteroatoms. The SMILES string of the molecule is CCN(CC)CCN(C(=O)/C=C/c1cccs1)c1nc2cc3c(cc2s1)OCCO3. The Morgan fingerprint density at radius 1 is 1.17 bits per heavy atom. The Morgan fingerprint density at radius 3 is 2.63 bits per heavy atom. The van der Waals surface area contributed by atoms with Gasteiger partial charge in [0.15, 0.2) is 16.6 Å². The maximum Gasteiger partial charge on any atom is 0.252 e. The lowest BCUT2D eigenvalue weighted by Gasteiger charge is -2.23. The van der Waals surface area contributed by atoms with Crippen LogP contribution in [0, 0.1) is 0 Å². The van der Waals surface area contributed by atoms with Crippen molar-refractivity contribution >= 4 is 50.0 Å². The molecule has 30 heavy (non-hydrogen) atoms. The molecule has 0 spiro atoms. The van der Waals surface area contributed by atoms with Crippen LogP contribution in [0.5, 0.6) is 11.5 Å². The lowest BCUT2D eigenvalue weighted by atomic mass is 10.3. The monoisotopic (exact) mass is 443 g/mol. The van der Waals surface area contributed by atoms with E-state index in [4.69, 9.17) is 14.5 Å². The van der Waals surface area contributed by atoms with Crippen LogP contribution in [-0.4, -0.2) is 55.2 Å². The van der Waals surface area contributed by atoms with Crippen LogP contribution in [0.3, 0.4) is 0 Å². The summed E-state index contributed by atoms with van der Waals surface area (Å²) >= 11 is 3.11. The third-order valence-corrected chi connectivity index (χ3v) is 6.88. The fourth-order valence-electron chi connectivity index (χ4n) is 3.28. The Kier molecular flexibility index (Phi) is 6.66. The molecule has 6 nitrogen and oxygen atoms in total. The first kappa shape index (κ1) is 20.8. The molecule has 158 valence electrons. The number of benzene rings is 1. The smallest absolute Gasteiger partial charge is 0.252 e. The molecule has 0 aliphatic carbocycles. The number of thiophene rings is 1. The van der Waals surface area contributed by atoms with Gasteiger partial charge in [-0.25, -0.2) is 4.98 Å². The van der Waals surface area contributed by atoms with Gasteiger partial charge < -0.3 is 14.4 Å². The topological polar surface area (TPSA) is 54.9 Å². The van der Waals surface area contributed by atoms with E-state index in [1.807, 2.05) is 35.7 Å². The molecule has 0 saturated carbocycles. The molecule has 0 unspecified atom stereocenters. The zero-order chi connectivity index (χ0) is 20.9. The first-order valence-corrected chi connectivity index (χ1v) is 11.8. The highest BCUT2D eigenvalue weighted by atomic mass is 32.1. The van der Waals surface area contributed by atoms with Gasteiger partial charge in [-0.2, -0.15) is 0 Å². The molecule has 1 aromatic carbocycles. The van der Waals surface area contributed by atoms with Crippen LogP contribution < -0.4 is 14.4 Å². The second-order valence-electron chi connectivity index (χ2n) is 6.83. The number of carbonyl (C=O) groups excluding carboxylic acids is 1. The van der Waals surface area contributed by atoms with E-state index in [0.29, 0.717) is 30.6 Å². The van der Waals surface area contributed by atoms with Gasteiger partial charge in [0, 0.05) is 36.2 Å². The summed E-state index contributed by atoms with van der Waals surface area (Å²) in [5.74, 6) is 1.39. The van der Waals surface area contributed by atoms with E-state index >= 15 is 0 Å². The molecule has 0 saturated heterocycles. The number of nitrogens with zero attached hydrogens (tertiary/aromatic N) is 3. The van der Waals surface area contributed by atoms with Gasteiger partial charge in [-0.05, 0) is 30.6 Å². The van der Waals surface area contributed by atoms with Gasteiger partial charge in [0.2, 0.25) is 0 Å². The summed E-state index contributed by atoms with van der Waals surface area (Å²) in [6.07, 6.45) is 3.50. The van der Waals surface area contributed by atoms with Gasteiger partial charge in [0.25, 0.3) is 5.91 Å². The first-order chi connectivity index (χ1) is 14.7. The third-order valence-electron chi connectivity index (χ3n) is 5.01. The summed E-state index contributed by atoms with van der Waals surface area (Å²) in [4.78, 5) is 23.0. The zero-order valence-electron chi connectivity index (χ0n) is 17.2. The largest absolute Gasteiger partial charge is 0.486 e. The van der Waals surface area contributed by atoms with Crippen molar-refractivity contribution in [2.24, 2.45) is 0 Å². The highest BCUT2D eigenvalue weighted by Gasteiger charge is 2.21. The number of rotatable bonds is 8. The lowest BCUT2D eigenvalue weighted by Crippen LogP contribution is -2.38. The fourth-order valence-corrected chi connectivity index (χ4v) is 4.90. The van der Waals surface area contributed by atoms with Gasteiger partial charge in [0.1, 0.15) is 13.2 Å². The van der Waals surface area contributed by atoms with Crippen molar-refractivity contribution in [3.8, 4) is 11.5 Å². The van der Waals surface area contributed by atoms with Crippen LogP contribution >= 0.6 is 22.7 Å². The number of anilines is 1. The summed E-state index contributed by atoms with van der Waals surface area (Å²) in [6, 6.07) is 7.83. The summed E-state index contributed by atoms with van der Waals surface area (Å²) < 4.78 is 12.4. The molecule has 0 radical (unpaired) electrons. The Balaban J connectivity index is 1.62. The summed E-state index contributed by atoms with van der Waals surface area (Å²) in [5, 5.41) is 2.70. The molecule has 1 aliphatic rings. The van der Waals surface area contributed by atoms with E-state index in [9.17, 15) is 4.79 Å². The lowest BCUT2D eigenvalue weighted by molar-refractivity contribution is -0.114. The number of amides is 1. The van der Waals surface area contributed by atoms with Gasteiger partial charge in [-0.3, -0.25) is 9.69 Å². The van der Waals surface area contributed by atoms with E-state index < -0.39 is 0 Å². The van der Waals surface area contributed by atoms with Crippen LogP contribution in [0.15, 0.2) is 35.7 Å². The van der Waals surface area contributed by atoms with Crippen LogP contribution in [0.4, 0.5) is 5.13 Å². The molecule has 1 amide bonds. The predicted molar refractivity (Wildman–Crippen MR) is 124 cm³/mol. The summed E-state index contributed by atoms with van der Waals surface area (Å²) in [7, 11) is 0. The molecule has 3 aromatic rings. The number of thiazole rings is 1. The molecule has 1 aliphatic heterocycles. The Bertz CT molecular complexity index is 983. The molecule has 2 aromatic heterocycles. The molecule has 0 atom stereocenters. The van der Waals surface area contributed by atoms with Crippen molar-refractivity contribution in [1.29, 1.82) is 0 Å². The van der Waals surface area contributed by atoms with E-state index in [2.05, 4.69) is 18.7 Å². The number of hydrogen-bond acceptors (Lipinski definition) is 7. The molecule has 0 N–H and O–H groups in total. The van der Waals surface area contributed by atoms with E-state index in [-0.39, 0.29) is 5.91 Å². The number of likely N-dealkylation sites (N-methyl/N-ethyl adjacent to an activating group) is 1. The van der Waals surface area contributed by atoms with E-state index in [0.717, 1.165) is 40.5 Å². The van der Waals surface area contributed by atoms with Gasteiger partial charge in [-0.15, -0.1) is 11.3 Å². The number of fused-ring (bicyclic) bond motifs is 2. The van der Waals surface area contributed by atoms with Crippen LogP contribution in [-0.2, 0) is 4.79 Å². The van der Waals surface area contributed by atoms with Gasteiger partial charge in [0.05, 0.1) is 10.2 Å². The van der Waals surface area contributed by atoms with Crippen molar-refractivity contribution in [3.63, 3.8) is 0 Å². The average molecular weight is 444 g/mol. The molecular formula is C22H25N3O3S2. The van der Waals surface area contributed by atoms with Crippen molar-refractivity contribution in [2.75, 3.05) is 44.3 Å². The number of carbonyl (C=O) groups is 1. The van der Waals surface area contributed by atoms with Crippen molar-refractivity contribution < 1.29 is 14.3 Å². The second kappa shape index (κ2) is 9.59. The van der Waals surface area contributed by atoms with Crippen LogP contribution in [0.1, 0.15) is 18.7 Å². The predicted octanol–water partition coefficient (Wildman–Crippen LogP) is 4.52. The van der Waals surface area contributed by atoms with E-state index in [1.54, 1.807) is 22.3 Å². The number of ether oxygens (including phenoxy) is 2. The van der Waals surface area contributed by atoms with Gasteiger partial charge >= 0.3 is 0 Å². The molecule has 0 bridgehead atoms. The number of hydrogen-bond donors (Lipinski definition) is 0. The molecule has 4 rings (SSSR count). The summed E-state index contributed by atoms with van der Waals surface area (Å²) in [5.41, 5.74) is 0.821. The molecule has 3 heterocycles. The van der Waals surface area contributed by atoms with Crippen molar-refractivity contribution in [3.05, 3.63) is 40.6 Å². The highest BCUT2D eigenvalue weighted by molar-refractivity contribution is 7.22. The van der Waals surface area contributed by atoms with E-state index in [1.165, 1.54) is 11.3 Å². The van der Waals surface area contributed by atoms with Gasteiger partial charge in [-0.1, -0.05) is 31.3 Å². The third kappa shape index (κ3) is 4.66. The quantitative estimate of drug-likeness (QED) is 0.479. The summed E-state index contributed by atoms with van der Waals surface area (Å²) in [6.45, 7) is 8.63.